The summed E-state index contributed by atoms with van der Waals surface area (Å²) in [5, 5.41) is 7.93. The van der Waals surface area contributed by atoms with E-state index in [0.717, 1.165) is 18.6 Å². The molecule has 1 atom stereocenters. The summed E-state index contributed by atoms with van der Waals surface area (Å²) in [6.07, 6.45) is 2.73. The minimum atomic E-state index is -0.960. The second kappa shape index (κ2) is 7.33. The van der Waals surface area contributed by atoms with Crippen LogP contribution in [0.4, 0.5) is 4.39 Å². The minimum absolute atomic E-state index is 0.166. The number of hydrogen-bond acceptors (Lipinski definition) is 6. The monoisotopic (exact) mass is 424 g/mol. The van der Waals surface area contributed by atoms with Crippen LogP contribution in [0.2, 0.25) is 0 Å². The standard InChI is InChI=1S/C22H21FN4O4/c23-15-5-3-13(4-6-15)17-9-16(30-25-17)11-22(21(24)29)7-8-27(12-22)20(28)18-10-19(31-26-18)14-1-2-14/h3-6,9-10,14H,1-2,7-8,11-12H2,(H2,24,29). The Morgan fingerprint density at radius 3 is 2.65 bits per heavy atom. The van der Waals surface area contributed by atoms with Gasteiger partial charge in [0.1, 0.15) is 23.0 Å². The van der Waals surface area contributed by atoms with Gasteiger partial charge in [0.05, 0.1) is 5.41 Å². The van der Waals surface area contributed by atoms with E-state index in [0.29, 0.717) is 35.9 Å². The summed E-state index contributed by atoms with van der Waals surface area (Å²) in [6, 6.07) is 9.29. The highest BCUT2D eigenvalue weighted by Gasteiger charge is 2.46. The number of halogens is 1. The zero-order valence-electron chi connectivity index (χ0n) is 16.7. The van der Waals surface area contributed by atoms with Crippen molar-refractivity contribution in [3.63, 3.8) is 0 Å². The molecule has 2 fully saturated rings. The average molecular weight is 424 g/mol. The summed E-state index contributed by atoms with van der Waals surface area (Å²) >= 11 is 0. The third kappa shape index (κ3) is 3.71. The molecule has 8 nitrogen and oxygen atoms in total. The molecule has 1 unspecified atom stereocenters. The Bertz CT molecular complexity index is 1130. The maximum Gasteiger partial charge on any atom is 0.276 e. The van der Waals surface area contributed by atoms with Crippen molar-refractivity contribution in [2.75, 3.05) is 13.1 Å². The molecule has 160 valence electrons. The summed E-state index contributed by atoms with van der Waals surface area (Å²) in [7, 11) is 0. The summed E-state index contributed by atoms with van der Waals surface area (Å²) in [4.78, 5) is 26.8. The van der Waals surface area contributed by atoms with Crippen LogP contribution in [0.3, 0.4) is 0 Å². The van der Waals surface area contributed by atoms with E-state index in [4.69, 9.17) is 14.8 Å². The summed E-state index contributed by atoms with van der Waals surface area (Å²) in [6.45, 7) is 0.547. The lowest BCUT2D eigenvalue weighted by Gasteiger charge is -2.24. The molecule has 5 rings (SSSR count). The highest BCUT2D eigenvalue weighted by Crippen LogP contribution is 2.41. The van der Waals surface area contributed by atoms with Crippen LogP contribution in [0.15, 0.2) is 45.4 Å². The lowest BCUT2D eigenvalue weighted by atomic mass is 9.82. The molecular formula is C22H21FN4O4. The molecule has 0 bridgehead atoms. The number of hydrogen-bond donors (Lipinski definition) is 1. The van der Waals surface area contributed by atoms with Gasteiger partial charge in [0.15, 0.2) is 5.69 Å². The fraction of sp³-hybridized carbons (Fsp3) is 0.364. The SMILES string of the molecule is NC(=O)C1(Cc2cc(-c3ccc(F)cc3)no2)CCN(C(=O)c2cc(C3CC3)on2)C1. The quantitative estimate of drug-likeness (QED) is 0.651. The Balaban J connectivity index is 1.31. The molecule has 2 N–H and O–H groups in total. The van der Waals surface area contributed by atoms with Crippen molar-refractivity contribution < 1.29 is 23.0 Å². The Morgan fingerprint density at radius 1 is 1.16 bits per heavy atom. The van der Waals surface area contributed by atoms with Gasteiger partial charge >= 0.3 is 0 Å². The number of carbonyl (C=O) groups excluding carboxylic acids is 2. The van der Waals surface area contributed by atoms with E-state index < -0.39 is 11.3 Å². The number of primary amides is 1. The van der Waals surface area contributed by atoms with Crippen LogP contribution in [0.1, 0.15) is 47.2 Å². The van der Waals surface area contributed by atoms with E-state index in [9.17, 15) is 14.0 Å². The molecule has 1 saturated heterocycles. The van der Waals surface area contributed by atoms with Crippen LogP contribution in [-0.4, -0.2) is 40.1 Å². The van der Waals surface area contributed by atoms with Crippen LogP contribution < -0.4 is 5.73 Å². The average Bonchev–Trinajstić information content (AvgIpc) is 3.17. The Hall–Kier alpha value is -3.49. The predicted octanol–water partition coefficient (Wildman–Crippen LogP) is 2.91. The highest BCUT2D eigenvalue weighted by molar-refractivity contribution is 5.93. The Morgan fingerprint density at radius 2 is 1.94 bits per heavy atom. The molecule has 1 aliphatic heterocycles. The number of likely N-dealkylation sites (tertiary alicyclic amines) is 1. The molecule has 1 saturated carbocycles. The molecule has 3 heterocycles. The molecule has 2 aliphatic rings. The largest absolute Gasteiger partial charge is 0.369 e. The Labute approximate surface area is 177 Å². The van der Waals surface area contributed by atoms with Gasteiger partial charge in [-0.05, 0) is 43.5 Å². The van der Waals surface area contributed by atoms with Gasteiger partial charge in [0.2, 0.25) is 5.91 Å². The lowest BCUT2D eigenvalue weighted by Crippen LogP contribution is -2.42. The number of nitrogens with zero attached hydrogens (tertiary/aromatic N) is 3. The first-order valence-corrected chi connectivity index (χ1v) is 10.2. The fourth-order valence-corrected chi connectivity index (χ4v) is 4.08. The first-order chi connectivity index (χ1) is 14.9. The molecule has 1 aromatic carbocycles. The number of nitrogens with two attached hydrogens (primary N) is 1. The van der Waals surface area contributed by atoms with Crippen molar-refractivity contribution in [3.05, 3.63) is 59.4 Å². The van der Waals surface area contributed by atoms with E-state index in [-0.39, 0.29) is 30.4 Å². The van der Waals surface area contributed by atoms with Gasteiger partial charge in [0.25, 0.3) is 5.91 Å². The molecule has 3 aromatic rings. The van der Waals surface area contributed by atoms with Crippen molar-refractivity contribution >= 4 is 11.8 Å². The van der Waals surface area contributed by atoms with E-state index in [2.05, 4.69) is 10.3 Å². The predicted molar refractivity (Wildman–Crippen MR) is 106 cm³/mol. The van der Waals surface area contributed by atoms with Gasteiger partial charge in [-0.15, -0.1) is 0 Å². The van der Waals surface area contributed by atoms with E-state index >= 15 is 0 Å². The van der Waals surface area contributed by atoms with Gasteiger partial charge in [-0.2, -0.15) is 0 Å². The molecule has 2 aromatic heterocycles. The minimum Gasteiger partial charge on any atom is -0.369 e. The topological polar surface area (TPSA) is 115 Å². The maximum atomic E-state index is 13.1. The first-order valence-electron chi connectivity index (χ1n) is 10.2. The van der Waals surface area contributed by atoms with Crippen molar-refractivity contribution in [3.8, 4) is 11.3 Å². The van der Waals surface area contributed by atoms with Crippen molar-refractivity contribution in [1.29, 1.82) is 0 Å². The number of rotatable bonds is 6. The van der Waals surface area contributed by atoms with Gasteiger partial charge in [-0.1, -0.05) is 10.3 Å². The normalized spacial score (nSPS) is 20.9. The van der Waals surface area contributed by atoms with Crippen molar-refractivity contribution in [2.45, 2.75) is 31.6 Å². The molecule has 1 aliphatic carbocycles. The lowest BCUT2D eigenvalue weighted by molar-refractivity contribution is -0.127. The van der Waals surface area contributed by atoms with E-state index in [1.165, 1.54) is 12.1 Å². The summed E-state index contributed by atoms with van der Waals surface area (Å²) < 4.78 is 23.8. The van der Waals surface area contributed by atoms with Crippen LogP contribution in [0, 0.1) is 11.2 Å². The Kier molecular flexibility index (Phi) is 4.60. The smallest absolute Gasteiger partial charge is 0.276 e. The third-order valence-electron chi connectivity index (χ3n) is 6.10. The molecule has 31 heavy (non-hydrogen) atoms. The van der Waals surface area contributed by atoms with Gasteiger partial charge < -0.3 is 19.7 Å². The molecule has 0 spiro atoms. The number of benzene rings is 1. The molecule has 9 heteroatoms. The zero-order chi connectivity index (χ0) is 21.6. The van der Waals surface area contributed by atoms with Gasteiger partial charge in [-0.3, -0.25) is 9.59 Å². The van der Waals surface area contributed by atoms with Crippen molar-refractivity contribution in [2.24, 2.45) is 11.1 Å². The first kappa shape index (κ1) is 19.5. The third-order valence-corrected chi connectivity index (χ3v) is 6.10. The fourth-order valence-electron chi connectivity index (χ4n) is 4.08. The van der Waals surface area contributed by atoms with E-state index in [1.54, 1.807) is 29.2 Å². The van der Waals surface area contributed by atoms with Crippen LogP contribution in [-0.2, 0) is 11.2 Å². The van der Waals surface area contributed by atoms with Crippen molar-refractivity contribution in [1.82, 2.24) is 15.2 Å². The molecule has 0 radical (unpaired) electrons. The number of aromatic nitrogens is 2. The second-order valence-corrected chi connectivity index (χ2v) is 8.37. The number of carbonyl (C=O) groups is 2. The maximum absolute atomic E-state index is 13.1. The summed E-state index contributed by atoms with van der Waals surface area (Å²) in [5.41, 5.74) is 6.28. The molecular weight excluding hydrogens is 403 g/mol. The second-order valence-electron chi connectivity index (χ2n) is 8.37. The van der Waals surface area contributed by atoms with Gasteiger partial charge in [0, 0.05) is 43.1 Å². The van der Waals surface area contributed by atoms with Crippen LogP contribution in [0.5, 0.6) is 0 Å². The van der Waals surface area contributed by atoms with E-state index in [1.807, 2.05) is 0 Å². The molecule has 2 amide bonds. The summed E-state index contributed by atoms with van der Waals surface area (Å²) in [5.74, 6) is 0.458. The van der Waals surface area contributed by atoms with Gasteiger partial charge in [-0.25, -0.2) is 4.39 Å². The van der Waals surface area contributed by atoms with Crippen LogP contribution >= 0.6 is 0 Å². The zero-order valence-corrected chi connectivity index (χ0v) is 16.7. The van der Waals surface area contributed by atoms with Crippen LogP contribution in [0.25, 0.3) is 11.3 Å². The number of amides is 2. The highest BCUT2D eigenvalue weighted by atomic mass is 19.1.